The second-order valence-electron chi connectivity index (χ2n) is 10.0. The molecule has 1 N–H and O–H groups in total. The average Bonchev–Trinajstić information content (AvgIpc) is 3.07. The number of benzene rings is 1. The summed E-state index contributed by atoms with van der Waals surface area (Å²) in [5, 5.41) is 0. The standard InChI is InChI=1S/C25H33NO4/c1-25-10-8-20-19-5-3-18(30-24(28)9-11-26-12-14-29-15-13-26)16-17(19)2-4-21(20)22(25)6-7-23(25)27/h3,5,16,20-22H,2,4,6-15H2,1H3/p+1/t20-,21+,22-,25-/m0/s1. The molecule has 0 amide bonds. The summed E-state index contributed by atoms with van der Waals surface area (Å²) in [5.74, 6) is 2.79. The summed E-state index contributed by atoms with van der Waals surface area (Å²) in [4.78, 5) is 26.3. The molecule has 1 aromatic carbocycles. The van der Waals surface area contributed by atoms with Crippen LogP contribution in [0.5, 0.6) is 5.75 Å². The topological polar surface area (TPSA) is 57.0 Å². The van der Waals surface area contributed by atoms with E-state index >= 15 is 0 Å². The maximum absolute atomic E-state index is 12.5. The maximum atomic E-state index is 12.5. The van der Waals surface area contributed by atoms with E-state index < -0.39 is 0 Å². The maximum Gasteiger partial charge on any atom is 0.316 e. The minimum absolute atomic E-state index is 0.0728. The highest BCUT2D eigenvalue weighted by atomic mass is 16.5. The Morgan fingerprint density at radius 2 is 2.03 bits per heavy atom. The molecule has 0 aromatic heterocycles. The molecule has 1 aliphatic heterocycles. The number of fused-ring (bicyclic) bond motifs is 5. The number of ether oxygens (including phenoxy) is 2. The van der Waals surface area contributed by atoms with E-state index in [1.807, 2.05) is 6.07 Å². The first-order valence-corrected chi connectivity index (χ1v) is 11.8. The molecule has 2 saturated carbocycles. The molecule has 5 rings (SSSR count). The van der Waals surface area contributed by atoms with Crippen molar-refractivity contribution < 1.29 is 24.0 Å². The summed E-state index contributed by atoms with van der Waals surface area (Å²) >= 11 is 0. The van der Waals surface area contributed by atoms with Crippen LogP contribution in [0.3, 0.4) is 0 Å². The van der Waals surface area contributed by atoms with Gasteiger partial charge in [-0.2, -0.15) is 0 Å². The summed E-state index contributed by atoms with van der Waals surface area (Å²) in [6, 6.07) is 6.27. The molecule has 0 spiro atoms. The zero-order valence-corrected chi connectivity index (χ0v) is 18.1. The first-order valence-electron chi connectivity index (χ1n) is 11.8. The smallest absolute Gasteiger partial charge is 0.316 e. The number of hydrogen-bond acceptors (Lipinski definition) is 4. The number of nitrogens with one attached hydrogen (secondary N) is 1. The predicted octanol–water partition coefficient (Wildman–Crippen LogP) is 2.32. The number of carbonyl (C=O) groups excluding carboxylic acids is 2. The molecule has 1 saturated heterocycles. The molecule has 5 heteroatoms. The Kier molecular flexibility index (Phi) is 5.44. The van der Waals surface area contributed by atoms with Gasteiger partial charge < -0.3 is 14.4 Å². The Labute approximate surface area is 179 Å². The van der Waals surface area contributed by atoms with Gasteiger partial charge in [0.1, 0.15) is 24.6 Å². The number of quaternary nitrogens is 1. The number of morpholine rings is 1. The van der Waals surface area contributed by atoms with Gasteiger partial charge in [0.05, 0.1) is 26.2 Å². The van der Waals surface area contributed by atoms with Crippen molar-refractivity contribution in [1.82, 2.24) is 0 Å². The third kappa shape index (κ3) is 3.60. The van der Waals surface area contributed by atoms with E-state index in [0.717, 1.165) is 71.4 Å². The van der Waals surface area contributed by atoms with Gasteiger partial charge in [-0.05, 0) is 73.1 Å². The van der Waals surface area contributed by atoms with Crippen LogP contribution in [0.4, 0.5) is 0 Å². The quantitative estimate of drug-likeness (QED) is 0.609. The Morgan fingerprint density at radius 1 is 1.20 bits per heavy atom. The zero-order chi connectivity index (χ0) is 20.7. The van der Waals surface area contributed by atoms with Crippen LogP contribution in [0.25, 0.3) is 0 Å². The van der Waals surface area contributed by atoms with Gasteiger partial charge in [-0.3, -0.25) is 9.59 Å². The summed E-state index contributed by atoms with van der Waals surface area (Å²) in [6.45, 7) is 6.55. The van der Waals surface area contributed by atoms with Gasteiger partial charge in [-0.25, -0.2) is 0 Å². The van der Waals surface area contributed by atoms with Gasteiger partial charge >= 0.3 is 5.97 Å². The first kappa shape index (κ1) is 20.2. The van der Waals surface area contributed by atoms with Gasteiger partial charge in [-0.15, -0.1) is 0 Å². The van der Waals surface area contributed by atoms with Gasteiger partial charge in [0.25, 0.3) is 0 Å². The van der Waals surface area contributed by atoms with Gasteiger partial charge in [0, 0.05) is 11.8 Å². The van der Waals surface area contributed by atoms with Gasteiger partial charge in [0.15, 0.2) is 0 Å². The van der Waals surface area contributed by atoms with Crippen molar-refractivity contribution in [3.05, 3.63) is 29.3 Å². The second kappa shape index (κ2) is 8.08. The summed E-state index contributed by atoms with van der Waals surface area (Å²) in [5.41, 5.74) is 2.70. The van der Waals surface area contributed by atoms with E-state index in [-0.39, 0.29) is 11.4 Å². The van der Waals surface area contributed by atoms with Crippen molar-refractivity contribution in [1.29, 1.82) is 0 Å². The fourth-order valence-electron chi connectivity index (χ4n) is 6.76. The molecular formula is C25H34NO4+. The molecule has 1 heterocycles. The largest absolute Gasteiger partial charge is 0.426 e. The highest BCUT2D eigenvalue weighted by Crippen LogP contribution is 2.59. The molecule has 4 aliphatic rings. The van der Waals surface area contributed by atoms with Crippen LogP contribution < -0.4 is 9.64 Å². The van der Waals surface area contributed by atoms with Gasteiger partial charge in [-0.1, -0.05) is 13.0 Å². The van der Waals surface area contributed by atoms with E-state index in [1.165, 1.54) is 16.0 Å². The summed E-state index contributed by atoms with van der Waals surface area (Å²) < 4.78 is 11.1. The fraction of sp³-hybridized carbons (Fsp3) is 0.680. The number of hydrogen-bond donors (Lipinski definition) is 1. The minimum Gasteiger partial charge on any atom is -0.426 e. The summed E-state index contributed by atoms with van der Waals surface area (Å²) in [7, 11) is 0. The highest BCUT2D eigenvalue weighted by Gasteiger charge is 2.54. The molecule has 162 valence electrons. The van der Waals surface area contributed by atoms with Crippen LogP contribution >= 0.6 is 0 Å². The lowest BCUT2D eigenvalue weighted by Crippen LogP contribution is -3.14. The lowest BCUT2D eigenvalue weighted by atomic mass is 9.55. The fourth-order valence-corrected chi connectivity index (χ4v) is 6.76. The van der Waals surface area contributed by atoms with Crippen molar-refractivity contribution >= 4 is 11.8 Å². The van der Waals surface area contributed by atoms with Crippen molar-refractivity contribution in [3.8, 4) is 5.75 Å². The molecule has 0 radical (unpaired) electrons. The minimum atomic E-state index is -0.138. The van der Waals surface area contributed by atoms with E-state index in [1.54, 1.807) is 0 Å². The van der Waals surface area contributed by atoms with Crippen LogP contribution in [-0.2, 0) is 20.7 Å². The molecule has 30 heavy (non-hydrogen) atoms. The monoisotopic (exact) mass is 412 g/mol. The van der Waals surface area contributed by atoms with Crippen molar-refractivity contribution in [2.75, 3.05) is 32.8 Å². The number of esters is 1. The lowest BCUT2D eigenvalue weighted by Gasteiger charge is -2.48. The number of carbonyl (C=O) groups is 2. The SMILES string of the molecule is C[C@]12CC[C@H]3c4ccc(OC(=O)CC[NH+]5CCOCC5)cc4CC[C@H]3[C@@H]1CCC2=O. The van der Waals surface area contributed by atoms with Crippen LogP contribution in [0.15, 0.2) is 18.2 Å². The van der Waals surface area contributed by atoms with Crippen molar-refractivity contribution in [2.45, 2.75) is 57.8 Å². The van der Waals surface area contributed by atoms with Crippen LogP contribution in [0, 0.1) is 17.3 Å². The molecule has 1 aromatic rings. The number of ketones is 1. The Bertz CT molecular complexity index is 830. The van der Waals surface area contributed by atoms with Gasteiger partial charge in [0.2, 0.25) is 0 Å². The summed E-state index contributed by atoms with van der Waals surface area (Å²) in [6.07, 6.45) is 6.62. The first-order chi connectivity index (χ1) is 14.5. The Morgan fingerprint density at radius 3 is 2.87 bits per heavy atom. The van der Waals surface area contributed by atoms with Crippen LogP contribution in [0.1, 0.15) is 62.5 Å². The Hall–Kier alpha value is -1.72. The molecule has 4 atom stereocenters. The molecule has 3 aliphatic carbocycles. The number of rotatable bonds is 4. The number of Topliss-reactive ketones (excluding diaryl/α,β-unsaturated/α-hetero) is 1. The predicted molar refractivity (Wildman–Crippen MR) is 113 cm³/mol. The molecule has 3 fully saturated rings. The highest BCUT2D eigenvalue weighted by molar-refractivity contribution is 5.87. The van der Waals surface area contributed by atoms with Crippen LogP contribution in [-0.4, -0.2) is 44.6 Å². The zero-order valence-electron chi connectivity index (χ0n) is 18.1. The molecule has 0 bridgehead atoms. The van der Waals surface area contributed by atoms with E-state index in [2.05, 4.69) is 19.1 Å². The average molecular weight is 413 g/mol. The molecular weight excluding hydrogens is 378 g/mol. The Balaban J connectivity index is 1.23. The van der Waals surface area contributed by atoms with E-state index in [4.69, 9.17) is 9.47 Å². The van der Waals surface area contributed by atoms with Crippen molar-refractivity contribution in [2.24, 2.45) is 17.3 Å². The number of aryl methyl sites for hydroxylation is 1. The molecule has 5 nitrogen and oxygen atoms in total. The van der Waals surface area contributed by atoms with E-state index in [9.17, 15) is 9.59 Å². The molecule has 0 unspecified atom stereocenters. The van der Waals surface area contributed by atoms with Crippen LogP contribution in [0.2, 0.25) is 0 Å². The third-order valence-corrected chi connectivity index (χ3v) is 8.52. The normalized spacial score (nSPS) is 33.5. The van der Waals surface area contributed by atoms with Crippen molar-refractivity contribution in [3.63, 3.8) is 0 Å². The lowest BCUT2D eigenvalue weighted by molar-refractivity contribution is -0.907. The third-order valence-electron chi connectivity index (χ3n) is 8.52. The van der Waals surface area contributed by atoms with E-state index in [0.29, 0.717) is 35.7 Å². The second-order valence-corrected chi connectivity index (χ2v) is 10.0.